The fourth-order valence-electron chi connectivity index (χ4n) is 6.00. The Morgan fingerprint density at radius 1 is 0.488 bits per heavy atom. The van der Waals surface area contributed by atoms with Gasteiger partial charge in [0.1, 0.15) is 0 Å². The van der Waals surface area contributed by atoms with Crippen LogP contribution in [0.1, 0.15) is 5.56 Å². The number of rotatable bonds is 4. The molecule has 1 aromatic heterocycles. The van der Waals surface area contributed by atoms with Gasteiger partial charge in [-0.2, -0.15) is 0 Å². The van der Waals surface area contributed by atoms with Gasteiger partial charge in [-0.05, 0) is 44.8 Å². The molecular formula is C39H28N4. The van der Waals surface area contributed by atoms with Crippen LogP contribution in [-0.2, 0) is 0 Å². The van der Waals surface area contributed by atoms with Crippen LogP contribution in [0.3, 0.4) is 0 Å². The minimum absolute atomic E-state index is 0.656. The molecule has 6 aromatic carbocycles. The van der Waals surface area contributed by atoms with Crippen LogP contribution < -0.4 is 4.90 Å². The normalized spacial score (nSPS) is 12.5. The molecule has 204 valence electrons. The third-order valence-corrected chi connectivity index (χ3v) is 8.23. The molecule has 1 aliphatic rings. The lowest BCUT2D eigenvalue weighted by Gasteiger charge is -2.26. The third-order valence-electron chi connectivity index (χ3n) is 8.23. The van der Waals surface area contributed by atoms with Crippen molar-refractivity contribution in [1.82, 2.24) is 15.0 Å². The van der Waals surface area contributed by atoms with Gasteiger partial charge in [-0.15, -0.1) is 0 Å². The van der Waals surface area contributed by atoms with Crippen molar-refractivity contribution in [2.24, 2.45) is 0 Å². The summed E-state index contributed by atoms with van der Waals surface area (Å²) < 4.78 is 0. The van der Waals surface area contributed by atoms with E-state index < -0.39 is 0 Å². The van der Waals surface area contributed by atoms with Gasteiger partial charge in [0.25, 0.3) is 0 Å². The Labute approximate surface area is 250 Å². The predicted octanol–water partition coefficient (Wildman–Crippen LogP) is 9.31. The van der Waals surface area contributed by atoms with E-state index in [1.54, 1.807) is 0 Å². The number of para-hydroxylation sites is 1. The van der Waals surface area contributed by atoms with E-state index in [1.165, 1.54) is 33.2 Å². The number of anilines is 1. The topological polar surface area (TPSA) is 41.9 Å². The van der Waals surface area contributed by atoms with Crippen LogP contribution in [0, 0.1) is 0 Å². The summed E-state index contributed by atoms with van der Waals surface area (Å²) in [5, 5.41) is 4.69. The average molecular weight is 553 g/mol. The van der Waals surface area contributed by atoms with Crippen molar-refractivity contribution < 1.29 is 0 Å². The largest absolute Gasteiger partial charge is 0.370 e. The Morgan fingerprint density at radius 2 is 1.00 bits per heavy atom. The van der Waals surface area contributed by atoms with Crippen molar-refractivity contribution in [3.63, 3.8) is 0 Å². The van der Waals surface area contributed by atoms with Crippen molar-refractivity contribution in [2.45, 2.75) is 0 Å². The average Bonchev–Trinajstić information content (AvgIpc) is 3.07. The van der Waals surface area contributed by atoms with Crippen LogP contribution in [0.4, 0.5) is 5.69 Å². The Morgan fingerprint density at radius 3 is 1.60 bits per heavy atom. The van der Waals surface area contributed by atoms with Crippen LogP contribution in [-0.4, -0.2) is 28.5 Å². The summed E-state index contributed by atoms with van der Waals surface area (Å²) in [6.07, 6.45) is 4.41. The van der Waals surface area contributed by atoms with E-state index in [4.69, 9.17) is 15.0 Å². The van der Waals surface area contributed by atoms with Crippen molar-refractivity contribution in [3.05, 3.63) is 139 Å². The summed E-state index contributed by atoms with van der Waals surface area (Å²) in [6.45, 7) is 0.905. The maximum Gasteiger partial charge on any atom is 0.164 e. The second kappa shape index (κ2) is 10.3. The summed E-state index contributed by atoms with van der Waals surface area (Å²) in [6, 6.07) is 44.6. The number of aromatic nitrogens is 3. The molecule has 43 heavy (non-hydrogen) atoms. The molecule has 8 rings (SSSR count). The van der Waals surface area contributed by atoms with Gasteiger partial charge in [-0.25, -0.2) is 15.0 Å². The van der Waals surface area contributed by atoms with E-state index in [0.29, 0.717) is 17.5 Å². The van der Waals surface area contributed by atoms with Crippen LogP contribution in [0.25, 0.3) is 72.9 Å². The maximum absolute atomic E-state index is 5.01. The number of hydrogen-bond acceptors (Lipinski definition) is 4. The summed E-state index contributed by atoms with van der Waals surface area (Å²) in [5.74, 6) is 1.98. The monoisotopic (exact) mass is 552 g/mol. The van der Waals surface area contributed by atoms with E-state index >= 15 is 0 Å². The Kier molecular flexibility index (Phi) is 6.04. The highest BCUT2D eigenvalue weighted by atomic mass is 15.1. The zero-order valence-electron chi connectivity index (χ0n) is 23.8. The highest BCUT2D eigenvalue weighted by Gasteiger charge is 2.17. The summed E-state index contributed by atoms with van der Waals surface area (Å²) in [5.41, 5.74) is 7.78. The van der Waals surface area contributed by atoms with E-state index in [1.807, 2.05) is 0 Å². The molecule has 0 spiro atoms. The highest BCUT2D eigenvalue weighted by Crippen LogP contribution is 2.37. The first-order chi connectivity index (χ1) is 21.2. The van der Waals surface area contributed by atoms with Gasteiger partial charge in [-0.3, -0.25) is 0 Å². The molecule has 0 unspecified atom stereocenters. The molecule has 0 fully saturated rings. The second-order valence-electron chi connectivity index (χ2n) is 11.0. The maximum atomic E-state index is 5.01. The van der Waals surface area contributed by atoms with Gasteiger partial charge < -0.3 is 4.90 Å². The number of nitrogens with zero attached hydrogens (tertiary/aromatic N) is 4. The Balaban J connectivity index is 1.25. The summed E-state index contributed by atoms with van der Waals surface area (Å²) in [7, 11) is 2.15. The third kappa shape index (κ3) is 4.63. The lowest BCUT2D eigenvalue weighted by atomic mass is 9.96. The summed E-state index contributed by atoms with van der Waals surface area (Å²) >= 11 is 0. The highest BCUT2D eigenvalue weighted by molar-refractivity contribution is 5.89. The lowest BCUT2D eigenvalue weighted by molar-refractivity contribution is 1.02. The zero-order chi connectivity index (χ0) is 28.8. The van der Waals surface area contributed by atoms with Gasteiger partial charge in [0.05, 0.1) is 5.69 Å². The van der Waals surface area contributed by atoms with Crippen molar-refractivity contribution >= 4 is 33.3 Å². The van der Waals surface area contributed by atoms with Gasteiger partial charge in [0, 0.05) is 35.8 Å². The molecule has 4 heteroatoms. The molecule has 0 amide bonds. The minimum atomic E-state index is 0.656. The number of hydrogen-bond donors (Lipinski definition) is 0. The Bertz CT molecular complexity index is 2080. The fourth-order valence-corrected chi connectivity index (χ4v) is 6.00. The molecule has 0 N–H and O–H groups in total. The summed E-state index contributed by atoms with van der Waals surface area (Å²) in [4.78, 5) is 17.3. The van der Waals surface area contributed by atoms with E-state index in [0.717, 1.165) is 34.0 Å². The van der Waals surface area contributed by atoms with Gasteiger partial charge in [0.2, 0.25) is 0 Å². The molecule has 4 nitrogen and oxygen atoms in total. The smallest absolute Gasteiger partial charge is 0.164 e. The van der Waals surface area contributed by atoms with E-state index in [2.05, 4.69) is 151 Å². The molecule has 0 saturated carbocycles. The van der Waals surface area contributed by atoms with Gasteiger partial charge in [0.15, 0.2) is 17.5 Å². The molecule has 0 aliphatic carbocycles. The van der Waals surface area contributed by atoms with Crippen LogP contribution in [0.5, 0.6) is 0 Å². The van der Waals surface area contributed by atoms with Crippen molar-refractivity contribution in [2.75, 3.05) is 18.5 Å². The lowest BCUT2D eigenvalue weighted by Crippen LogP contribution is -2.21. The second-order valence-corrected chi connectivity index (χ2v) is 11.0. The number of fused-ring (bicyclic) bond motifs is 3. The molecule has 1 aliphatic heterocycles. The predicted molar refractivity (Wildman–Crippen MR) is 179 cm³/mol. The minimum Gasteiger partial charge on any atom is -0.370 e. The van der Waals surface area contributed by atoms with Crippen molar-refractivity contribution in [3.8, 4) is 45.3 Å². The molecule has 0 radical (unpaired) electrons. The SMILES string of the molecule is CN1CC=Cc2cccc(-c3ccc(-c4nc(-c5ccc6ccccc6c5)nc(-c5ccc6ccccc6c5)n4)cc3)c21. The first-order valence-electron chi connectivity index (χ1n) is 14.6. The van der Waals surface area contributed by atoms with Gasteiger partial charge in [-0.1, -0.05) is 127 Å². The first kappa shape index (κ1) is 25.1. The Hall–Kier alpha value is -5.61. The van der Waals surface area contributed by atoms with Crippen LogP contribution >= 0.6 is 0 Å². The standard InChI is InChI=1S/C39H28N4/c1-43-23-7-13-29-12-6-14-35(36(29)43)28-17-19-30(20-18-28)37-40-38(33-21-15-26-8-2-4-10-31(26)24-33)42-39(41-37)34-22-16-27-9-3-5-11-32(27)25-34/h2-22,24-25H,23H2,1H3. The zero-order valence-corrected chi connectivity index (χ0v) is 23.8. The van der Waals surface area contributed by atoms with E-state index in [-0.39, 0.29) is 0 Å². The van der Waals surface area contributed by atoms with Crippen LogP contribution in [0.2, 0.25) is 0 Å². The quantitative estimate of drug-likeness (QED) is 0.218. The molecular weight excluding hydrogens is 524 g/mol. The van der Waals surface area contributed by atoms with Gasteiger partial charge >= 0.3 is 0 Å². The molecule has 0 saturated heterocycles. The van der Waals surface area contributed by atoms with E-state index in [9.17, 15) is 0 Å². The van der Waals surface area contributed by atoms with Crippen LogP contribution in [0.15, 0.2) is 133 Å². The first-order valence-corrected chi connectivity index (χ1v) is 14.6. The molecule has 0 bridgehead atoms. The molecule has 2 heterocycles. The fraction of sp³-hybridized carbons (Fsp3) is 0.0513. The number of benzene rings is 6. The van der Waals surface area contributed by atoms with Crippen molar-refractivity contribution in [1.29, 1.82) is 0 Å². The molecule has 7 aromatic rings. The number of likely N-dealkylation sites (N-methyl/N-ethyl adjacent to an activating group) is 1. The molecule has 0 atom stereocenters.